The second-order valence-electron chi connectivity index (χ2n) is 3.76. The molecule has 0 atom stereocenters. The average molecular weight is 232 g/mol. The summed E-state index contributed by atoms with van der Waals surface area (Å²) < 4.78 is 23.1. The second kappa shape index (κ2) is 6.81. The van der Waals surface area contributed by atoms with Crippen LogP contribution in [0.4, 0.5) is 0 Å². The van der Waals surface area contributed by atoms with Crippen molar-refractivity contribution in [3.8, 4) is 6.07 Å². The molecule has 88 valence electrons. The standard InChI is InChI=1S/C10H20N2O2S/c1-4-12(7-5-6-11)8-9-15(13,14)10(2)3/h10H,4-5,7-9H2,1-3H3. The lowest BCUT2D eigenvalue weighted by molar-refractivity contribution is 0.312. The van der Waals surface area contributed by atoms with E-state index in [1.807, 2.05) is 11.8 Å². The van der Waals surface area contributed by atoms with Gasteiger partial charge < -0.3 is 4.90 Å². The third-order valence-electron chi connectivity index (χ3n) is 2.40. The van der Waals surface area contributed by atoms with E-state index in [2.05, 4.69) is 6.07 Å². The molecule has 0 aliphatic carbocycles. The number of hydrogen-bond donors (Lipinski definition) is 0. The molecule has 5 heteroatoms. The number of sulfone groups is 1. The molecule has 0 aromatic carbocycles. The molecular weight excluding hydrogens is 212 g/mol. The Balaban J connectivity index is 4.07. The monoisotopic (exact) mass is 232 g/mol. The first-order chi connectivity index (χ1) is 6.94. The normalized spacial score (nSPS) is 12.0. The molecule has 0 bridgehead atoms. The lowest BCUT2D eigenvalue weighted by atomic mass is 10.4. The molecule has 0 saturated carbocycles. The Kier molecular flexibility index (Phi) is 6.53. The quantitative estimate of drug-likeness (QED) is 0.658. The minimum absolute atomic E-state index is 0.184. The molecule has 0 rings (SSSR count). The first kappa shape index (κ1) is 14.4. The van der Waals surface area contributed by atoms with Gasteiger partial charge in [-0.3, -0.25) is 0 Å². The molecule has 0 fully saturated rings. The zero-order valence-corrected chi connectivity index (χ0v) is 10.5. The summed E-state index contributed by atoms with van der Waals surface area (Å²) in [4.78, 5) is 1.99. The highest BCUT2D eigenvalue weighted by molar-refractivity contribution is 7.92. The van der Waals surface area contributed by atoms with Crippen LogP contribution in [0.5, 0.6) is 0 Å². The average Bonchev–Trinajstić information content (AvgIpc) is 2.18. The van der Waals surface area contributed by atoms with Gasteiger partial charge in [0.15, 0.2) is 9.84 Å². The zero-order chi connectivity index (χ0) is 11.9. The summed E-state index contributed by atoms with van der Waals surface area (Å²) in [7, 11) is -2.95. The second-order valence-corrected chi connectivity index (χ2v) is 6.43. The molecule has 0 heterocycles. The Labute approximate surface area is 92.8 Å². The van der Waals surface area contributed by atoms with Crippen molar-refractivity contribution in [1.29, 1.82) is 5.26 Å². The third kappa shape index (κ3) is 5.75. The van der Waals surface area contributed by atoms with Gasteiger partial charge >= 0.3 is 0 Å². The van der Waals surface area contributed by atoms with Gasteiger partial charge in [-0.1, -0.05) is 6.92 Å². The molecule has 15 heavy (non-hydrogen) atoms. The van der Waals surface area contributed by atoms with Crippen molar-refractivity contribution in [3.05, 3.63) is 0 Å². The van der Waals surface area contributed by atoms with E-state index in [0.717, 1.165) is 6.54 Å². The smallest absolute Gasteiger partial charge is 0.153 e. The highest BCUT2D eigenvalue weighted by Gasteiger charge is 2.16. The minimum Gasteiger partial charge on any atom is -0.302 e. The van der Waals surface area contributed by atoms with Crippen molar-refractivity contribution in [2.75, 3.05) is 25.4 Å². The number of nitriles is 1. The largest absolute Gasteiger partial charge is 0.302 e. The van der Waals surface area contributed by atoms with Crippen molar-refractivity contribution in [3.63, 3.8) is 0 Å². The Morgan fingerprint density at radius 1 is 1.33 bits per heavy atom. The molecule has 0 aromatic rings. The van der Waals surface area contributed by atoms with Crippen LogP contribution in [0, 0.1) is 11.3 Å². The van der Waals surface area contributed by atoms with Gasteiger partial charge in [0, 0.05) is 19.5 Å². The maximum Gasteiger partial charge on any atom is 0.153 e. The van der Waals surface area contributed by atoms with Crippen LogP contribution in [0.1, 0.15) is 27.2 Å². The summed E-state index contributed by atoms with van der Waals surface area (Å²) >= 11 is 0. The fourth-order valence-electron chi connectivity index (χ4n) is 1.13. The van der Waals surface area contributed by atoms with E-state index in [0.29, 0.717) is 19.5 Å². The first-order valence-corrected chi connectivity index (χ1v) is 6.96. The highest BCUT2D eigenvalue weighted by atomic mass is 32.2. The van der Waals surface area contributed by atoms with Gasteiger partial charge in [0.05, 0.1) is 17.1 Å². The van der Waals surface area contributed by atoms with Crippen LogP contribution in [0.15, 0.2) is 0 Å². The number of hydrogen-bond acceptors (Lipinski definition) is 4. The molecule has 0 aliphatic heterocycles. The van der Waals surface area contributed by atoms with Crippen LogP contribution in [-0.2, 0) is 9.84 Å². The van der Waals surface area contributed by atoms with Crippen molar-refractivity contribution >= 4 is 9.84 Å². The molecule has 0 amide bonds. The van der Waals surface area contributed by atoms with Crippen molar-refractivity contribution in [2.24, 2.45) is 0 Å². The molecular formula is C10H20N2O2S. The van der Waals surface area contributed by atoms with E-state index in [1.165, 1.54) is 0 Å². The lowest BCUT2D eigenvalue weighted by Crippen LogP contribution is -2.32. The van der Waals surface area contributed by atoms with E-state index in [9.17, 15) is 8.42 Å². The summed E-state index contributed by atoms with van der Waals surface area (Å²) in [5.41, 5.74) is 0. The zero-order valence-electron chi connectivity index (χ0n) is 9.73. The predicted molar refractivity (Wildman–Crippen MR) is 61.3 cm³/mol. The molecule has 0 aliphatic rings. The van der Waals surface area contributed by atoms with Crippen LogP contribution in [0.2, 0.25) is 0 Å². The molecule has 0 radical (unpaired) electrons. The van der Waals surface area contributed by atoms with Gasteiger partial charge in [0.2, 0.25) is 0 Å². The van der Waals surface area contributed by atoms with Crippen LogP contribution in [0.25, 0.3) is 0 Å². The predicted octanol–water partition coefficient (Wildman–Crippen LogP) is 1.05. The lowest BCUT2D eigenvalue weighted by Gasteiger charge is -2.19. The van der Waals surface area contributed by atoms with Crippen molar-refractivity contribution in [2.45, 2.75) is 32.4 Å². The third-order valence-corrected chi connectivity index (χ3v) is 4.59. The van der Waals surface area contributed by atoms with Gasteiger partial charge in [-0.05, 0) is 20.4 Å². The molecule has 0 aromatic heterocycles. The van der Waals surface area contributed by atoms with E-state index < -0.39 is 9.84 Å². The molecule has 0 saturated heterocycles. The molecule has 0 unspecified atom stereocenters. The van der Waals surface area contributed by atoms with E-state index in [-0.39, 0.29) is 11.0 Å². The summed E-state index contributed by atoms with van der Waals surface area (Å²) in [6.45, 7) is 7.33. The van der Waals surface area contributed by atoms with Gasteiger partial charge in [0.25, 0.3) is 0 Å². The first-order valence-electron chi connectivity index (χ1n) is 5.25. The van der Waals surface area contributed by atoms with E-state index in [1.54, 1.807) is 13.8 Å². The fraction of sp³-hybridized carbons (Fsp3) is 0.900. The maximum atomic E-state index is 11.5. The van der Waals surface area contributed by atoms with Crippen molar-refractivity contribution < 1.29 is 8.42 Å². The van der Waals surface area contributed by atoms with Crippen LogP contribution in [0.3, 0.4) is 0 Å². The van der Waals surface area contributed by atoms with Crippen LogP contribution < -0.4 is 0 Å². The van der Waals surface area contributed by atoms with Gasteiger partial charge in [0.1, 0.15) is 0 Å². The Hall–Kier alpha value is -0.600. The Morgan fingerprint density at radius 2 is 1.93 bits per heavy atom. The molecule has 0 N–H and O–H groups in total. The molecule has 0 spiro atoms. The summed E-state index contributed by atoms with van der Waals surface area (Å²) in [6, 6.07) is 2.06. The maximum absolute atomic E-state index is 11.5. The topological polar surface area (TPSA) is 61.2 Å². The summed E-state index contributed by atoms with van der Waals surface area (Å²) in [5, 5.41) is 8.12. The van der Waals surface area contributed by atoms with Gasteiger partial charge in [-0.2, -0.15) is 5.26 Å². The number of nitrogens with zero attached hydrogens (tertiary/aromatic N) is 2. The highest BCUT2D eigenvalue weighted by Crippen LogP contribution is 2.02. The minimum atomic E-state index is -2.95. The number of rotatable bonds is 7. The SMILES string of the molecule is CCN(CCC#N)CCS(=O)(=O)C(C)C. The fourth-order valence-corrected chi connectivity index (χ4v) is 2.11. The summed E-state index contributed by atoms with van der Waals surface area (Å²) in [6.07, 6.45) is 0.454. The van der Waals surface area contributed by atoms with Gasteiger partial charge in [-0.15, -0.1) is 0 Å². The van der Waals surface area contributed by atoms with Gasteiger partial charge in [-0.25, -0.2) is 8.42 Å². The van der Waals surface area contributed by atoms with E-state index >= 15 is 0 Å². The molecule has 4 nitrogen and oxygen atoms in total. The van der Waals surface area contributed by atoms with E-state index in [4.69, 9.17) is 5.26 Å². The summed E-state index contributed by atoms with van der Waals surface area (Å²) in [5.74, 6) is 0.184. The van der Waals surface area contributed by atoms with Crippen LogP contribution in [-0.4, -0.2) is 44.0 Å². The van der Waals surface area contributed by atoms with Crippen LogP contribution >= 0.6 is 0 Å². The Morgan fingerprint density at radius 3 is 2.33 bits per heavy atom. The van der Waals surface area contributed by atoms with Crippen molar-refractivity contribution in [1.82, 2.24) is 4.90 Å². The Bertz CT molecular complexity index is 304.